The standard InChI is InChI=1S/C14H19N5O2/c1-10(2)6-8-18-9-7-14(17-18)16-13-5-4-12(19(20)21)11(3)15-13/h4-5,7,9-10H,6,8H2,1-3H3,(H,15,16,17). The Morgan fingerprint density at radius 1 is 1.33 bits per heavy atom. The highest BCUT2D eigenvalue weighted by atomic mass is 16.6. The number of anilines is 2. The Balaban J connectivity index is 2.05. The van der Waals surface area contributed by atoms with Crippen LogP contribution in [0.15, 0.2) is 24.4 Å². The topological polar surface area (TPSA) is 85.9 Å². The van der Waals surface area contributed by atoms with Gasteiger partial charge < -0.3 is 5.32 Å². The van der Waals surface area contributed by atoms with Gasteiger partial charge in [-0.25, -0.2) is 4.98 Å². The van der Waals surface area contributed by atoms with Crippen molar-refractivity contribution in [2.75, 3.05) is 5.32 Å². The fourth-order valence-electron chi connectivity index (χ4n) is 1.89. The van der Waals surface area contributed by atoms with Crippen LogP contribution in [0.5, 0.6) is 0 Å². The molecule has 0 bridgehead atoms. The maximum Gasteiger partial charge on any atom is 0.290 e. The minimum Gasteiger partial charge on any atom is -0.323 e. The fourth-order valence-corrected chi connectivity index (χ4v) is 1.89. The molecule has 0 spiro atoms. The van der Waals surface area contributed by atoms with Gasteiger partial charge in [-0.15, -0.1) is 0 Å². The molecule has 2 aromatic heterocycles. The van der Waals surface area contributed by atoms with Gasteiger partial charge in [-0.3, -0.25) is 14.8 Å². The van der Waals surface area contributed by atoms with E-state index in [0.717, 1.165) is 13.0 Å². The van der Waals surface area contributed by atoms with Crippen molar-refractivity contribution in [2.45, 2.75) is 33.7 Å². The van der Waals surface area contributed by atoms with Crippen LogP contribution >= 0.6 is 0 Å². The number of aryl methyl sites for hydroxylation is 2. The molecule has 0 saturated heterocycles. The summed E-state index contributed by atoms with van der Waals surface area (Å²) in [5.41, 5.74) is 0.396. The molecule has 0 aliphatic carbocycles. The molecule has 7 heteroatoms. The predicted molar refractivity (Wildman–Crippen MR) is 80.6 cm³/mol. The number of rotatable bonds is 6. The maximum absolute atomic E-state index is 10.8. The quantitative estimate of drug-likeness (QED) is 0.651. The Morgan fingerprint density at radius 2 is 2.10 bits per heavy atom. The van der Waals surface area contributed by atoms with Crippen LogP contribution in [0, 0.1) is 23.0 Å². The Morgan fingerprint density at radius 3 is 2.71 bits per heavy atom. The third kappa shape index (κ3) is 4.01. The molecule has 0 aliphatic heterocycles. The first kappa shape index (κ1) is 15.0. The zero-order chi connectivity index (χ0) is 15.4. The largest absolute Gasteiger partial charge is 0.323 e. The fraction of sp³-hybridized carbons (Fsp3) is 0.429. The maximum atomic E-state index is 10.8. The van der Waals surface area contributed by atoms with Crippen molar-refractivity contribution in [2.24, 2.45) is 5.92 Å². The monoisotopic (exact) mass is 289 g/mol. The number of hydrogen-bond acceptors (Lipinski definition) is 5. The van der Waals surface area contributed by atoms with Gasteiger partial charge in [-0.2, -0.15) is 5.10 Å². The summed E-state index contributed by atoms with van der Waals surface area (Å²) in [5, 5.41) is 18.2. The van der Waals surface area contributed by atoms with Crippen LogP contribution in [-0.2, 0) is 6.54 Å². The predicted octanol–water partition coefficient (Wildman–Crippen LogP) is 3.28. The lowest BCUT2D eigenvalue weighted by molar-refractivity contribution is -0.385. The molecule has 0 unspecified atom stereocenters. The van der Waals surface area contributed by atoms with Gasteiger partial charge in [0.2, 0.25) is 0 Å². The van der Waals surface area contributed by atoms with Crippen molar-refractivity contribution in [1.82, 2.24) is 14.8 Å². The van der Waals surface area contributed by atoms with Gasteiger partial charge in [-0.05, 0) is 25.3 Å². The number of pyridine rings is 1. The van der Waals surface area contributed by atoms with Crippen LogP contribution in [0.1, 0.15) is 26.0 Å². The van der Waals surface area contributed by atoms with E-state index >= 15 is 0 Å². The average molecular weight is 289 g/mol. The van der Waals surface area contributed by atoms with Crippen molar-refractivity contribution in [3.05, 3.63) is 40.2 Å². The first-order valence-corrected chi connectivity index (χ1v) is 6.88. The second-order valence-corrected chi connectivity index (χ2v) is 5.33. The van der Waals surface area contributed by atoms with Gasteiger partial charge in [-0.1, -0.05) is 13.8 Å². The van der Waals surface area contributed by atoms with E-state index in [2.05, 4.69) is 29.2 Å². The van der Waals surface area contributed by atoms with Crippen LogP contribution in [0.3, 0.4) is 0 Å². The van der Waals surface area contributed by atoms with Gasteiger partial charge in [0.15, 0.2) is 5.82 Å². The number of aromatic nitrogens is 3. The van der Waals surface area contributed by atoms with Crippen molar-refractivity contribution >= 4 is 17.3 Å². The molecule has 0 amide bonds. The van der Waals surface area contributed by atoms with E-state index in [0.29, 0.717) is 23.2 Å². The highest BCUT2D eigenvalue weighted by molar-refractivity contribution is 5.53. The number of nitrogens with zero attached hydrogens (tertiary/aromatic N) is 4. The lowest BCUT2D eigenvalue weighted by atomic mass is 10.1. The molecule has 7 nitrogen and oxygen atoms in total. The summed E-state index contributed by atoms with van der Waals surface area (Å²) in [6.45, 7) is 6.83. The summed E-state index contributed by atoms with van der Waals surface area (Å²) in [6, 6.07) is 4.89. The summed E-state index contributed by atoms with van der Waals surface area (Å²) >= 11 is 0. The molecule has 2 rings (SSSR count). The number of nitrogens with one attached hydrogen (secondary N) is 1. The molecule has 0 aromatic carbocycles. The van der Waals surface area contributed by atoms with Crippen molar-refractivity contribution in [1.29, 1.82) is 0 Å². The Kier molecular flexibility index (Phi) is 4.52. The van der Waals surface area contributed by atoms with Gasteiger partial charge in [0.25, 0.3) is 5.69 Å². The Hall–Kier alpha value is -2.44. The minimum absolute atomic E-state index is 0.0167. The normalized spacial score (nSPS) is 10.9. The third-order valence-electron chi connectivity index (χ3n) is 3.09. The second-order valence-electron chi connectivity index (χ2n) is 5.33. The van der Waals surface area contributed by atoms with E-state index < -0.39 is 4.92 Å². The molecule has 2 aromatic rings. The molecule has 0 radical (unpaired) electrons. The second kappa shape index (κ2) is 6.34. The van der Waals surface area contributed by atoms with Gasteiger partial charge in [0, 0.05) is 24.9 Å². The van der Waals surface area contributed by atoms with E-state index in [1.807, 2.05) is 16.9 Å². The van der Waals surface area contributed by atoms with Gasteiger partial charge in [0.1, 0.15) is 11.5 Å². The van der Waals surface area contributed by atoms with Gasteiger partial charge in [0.05, 0.1) is 4.92 Å². The summed E-state index contributed by atoms with van der Waals surface area (Å²) in [4.78, 5) is 14.5. The van der Waals surface area contributed by atoms with Crippen LogP contribution < -0.4 is 5.32 Å². The number of hydrogen-bond donors (Lipinski definition) is 1. The van der Waals surface area contributed by atoms with E-state index in [-0.39, 0.29) is 5.69 Å². The highest BCUT2D eigenvalue weighted by Gasteiger charge is 2.12. The minimum atomic E-state index is -0.438. The average Bonchev–Trinajstić information content (AvgIpc) is 2.83. The molecule has 1 N–H and O–H groups in total. The smallest absolute Gasteiger partial charge is 0.290 e. The SMILES string of the molecule is Cc1nc(Nc2ccn(CCC(C)C)n2)ccc1[N+](=O)[O-]. The first-order chi connectivity index (χ1) is 9.95. The van der Waals surface area contributed by atoms with Crippen LogP contribution in [0.2, 0.25) is 0 Å². The van der Waals surface area contributed by atoms with Crippen molar-refractivity contribution < 1.29 is 4.92 Å². The summed E-state index contributed by atoms with van der Waals surface area (Å²) in [5.74, 6) is 1.86. The summed E-state index contributed by atoms with van der Waals surface area (Å²) in [6.07, 6.45) is 2.97. The molecule has 0 atom stereocenters. The lowest BCUT2D eigenvalue weighted by Crippen LogP contribution is -2.03. The summed E-state index contributed by atoms with van der Waals surface area (Å²) in [7, 11) is 0. The Bertz CT molecular complexity index is 636. The molecular formula is C14H19N5O2. The first-order valence-electron chi connectivity index (χ1n) is 6.88. The van der Waals surface area contributed by atoms with E-state index in [1.165, 1.54) is 6.07 Å². The van der Waals surface area contributed by atoms with E-state index in [4.69, 9.17) is 0 Å². The zero-order valence-corrected chi connectivity index (χ0v) is 12.4. The molecule has 0 saturated carbocycles. The van der Waals surface area contributed by atoms with E-state index in [1.54, 1.807) is 13.0 Å². The van der Waals surface area contributed by atoms with E-state index in [9.17, 15) is 10.1 Å². The van der Waals surface area contributed by atoms with Crippen LogP contribution in [-0.4, -0.2) is 19.7 Å². The third-order valence-corrected chi connectivity index (χ3v) is 3.09. The Labute approximate surface area is 123 Å². The summed E-state index contributed by atoms with van der Waals surface area (Å²) < 4.78 is 1.88. The highest BCUT2D eigenvalue weighted by Crippen LogP contribution is 2.20. The van der Waals surface area contributed by atoms with Crippen molar-refractivity contribution in [3.8, 4) is 0 Å². The molecule has 21 heavy (non-hydrogen) atoms. The molecule has 2 heterocycles. The van der Waals surface area contributed by atoms with Crippen LogP contribution in [0.25, 0.3) is 0 Å². The molecular weight excluding hydrogens is 270 g/mol. The molecule has 112 valence electrons. The zero-order valence-electron chi connectivity index (χ0n) is 12.4. The van der Waals surface area contributed by atoms with Gasteiger partial charge >= 0.3 is 0 Å². The molecule has 0 fully saturated rings. The van der Waals surface area contributed by atoms with Crippen LogP contribution in [0.4, 0.5) is 17.3 Å². The number of nitro groups is 1. The van der Waals surface area contributed by atoms with Crippen molar-refractivity contribution in [3.63, 3.8) is 0 Å². The lowest BCUT2D eigenvalue weighted by Gasteiger charge is -2.05. The molecule has 0 aliphatic rings.